The standard InChI is InChI=1S/C14H21NO2S/c1-3-15-14(9-11-7-8-11)12-5-4-6-13(10-12)18(2,16)17/h4-6,10-11,14-15H,3,7-9H2,1-2H3. The van der Waals surface area contributed by atoms with Crippen molar-refractivity contribution in [3.8, 4) is 0 Å². The van der Waals surface area contributed by atoms with Gasteiger partial charge in [0.15, 0.2) is 9.84 Å². The van der Waals surface area contributed by atoms with Crippen molar-refractivity contribution in [2.75, 3.05) is 12.8 Å². The van der Waals surface area contributed by atoms with Crippen LogP contribution in [0.2, 0.25) is 0 Å². The number of hydrogen-bond donors (Lipinski definition) is 1. The van der Waals surface area contributed by atoms with Gasteiger partial charge in [0, 0.05) is 12.3 Å². The molecule has 1 fully saturated rings. The van der Waals surface area contributed by atoms with Crippen molar-refractivity contribution in [3.63, 3.8) is 0 Å². The van der Waals surface area contributed by atoms with Gasteiger partial charge in [0.1, 0.15) is 0 Å². The number of rotatable bonds is 6. The molecule has 0 bridgehead atoms. The van der Waals surface area contributed by atoms with Gasteiger partial charge in [-0.25, -0.2) is 8.42 Å². The first-order chi connectivity index (χ1) is 8.50. The Hall–Kier alpha value is -0.870. The molecule has 0 amide bonds. The van der Waals surface area contributed by atoms with Gasteiger partial charge in [0.05, 0.1) is 4.90 Å². The molecule has 1 aliphatic carbocycles. The SMILES string of the molecule is CCNC(CC1CC1)c1cccc(S(C)(=O)=O)c1. The monoisotopic (exact) mass is 267 g/mol. The lowest BCUT2D eigenvalue weighted by Gasteiger charge is -2.18. The van der Waals surface area contributed by atoms with Crippen LogP contribution < -0.4 is 5.32 Å². The van der Waals surface area contributed by atoms with Crippen LogP contribution in [0.3, 0.4) is 0 Å². The van der Waals surface area contributed by atoms with Crippen LogP contribution in [0.25, 0.3) is 0 Å². The van der Waals surface area contributed by atoms with Crippen molar-refractivity contribution in [2.45, 2.75) is 37.1 Å². The van der Waals surface area contributed by atoms with Crippen molar-refractivity contribution in [3.05, 3.63) is 29.8 Å². The van der Waals surface area contributed by atoms with Gasteiger partial charge in [-0.1, -0.05) is 31.9 Å². The van der Waals surface area contributed by atoms with Gasteiger partial charge in [0.2, 0.25) is 0 Å². The second-order valence-corrected chi connectivity index (χ2v) is 7.15. The molecular weight excluding hydrogens is 246 g/mol. The molecule has 0 aliphatic heterocycles. The van der Waals surface area contributed by atoms with Gasteiger partial charge in [-0.05, 0) is 36.6 Å². The van der Waals surface area contributed by atoms with Crippen LogP contribution in [0, 0.1) is 5.92 Å². The highest BCUT2D eigenvalue weighted by molar-refractivity contribution is 7.90. The lowest BCUT2D eigenvalue weighted by Crippen LogP contribution is -2.21. The molecule has 0 radical (unpaired) electrons. The Balaban J connectivity index is 2.23. The Kier molecular flexibility index (Phi) is 4.07. The van der Waals surface area contributed by atoms with E-state index in [1.807, 2.05) is 18.2 Å². The highest BCUT2D eigenvalue weighted by atomic mass is 32.2. The summed E-state index contributed by atoms with van der Waals surface area (Å²) in [5.41, 5.74) is 1.09. The van der Waals surface area contributed by atoms with Crippen LogP contribution in [-0.4, -0.2) is 21.2 Å². The zero-order valence-electron chi connectivity index (χ0n) is 11.0. The maximum absolute atomic E-state index is 11.6. The van der Waals surface area contributed by atoms with Crippen LogP contribution >= 0.6 is 0 Å². The lowest BCUT2D eigenvalue weighted by atomic mass is 10.0. The molecule has 100 valence electrons. The molecule has 1 aromatic carbocycles. The normalized spacial score (nSPS) is 17.7. The maximum atomic E-state index is 11.6. The molecule has 1 atom stereocenters. The van der Waals surface area contributed by atoms with Gasteiger partial charge in [-0.3, -0.25) is 0 Å². The molecule has 2 rings (SSSR count). The summed E-state index contributed by atoms with van der Waals surface area (Å²) in [5, 5.41) is 3.45. The van der Waals surface area contributed by atoms with E-state index in [1.165, 1.54) is 19.1 Å². The molecule has 0 aromatic heterocycles. The summed E-state index contributed by atoms with van der Waals surface area (Å²) < 4.78 is 23.2. The molecule has 0 saturated heterocycles. The van der Waals surface area contributed by atoms with Gasteiger partial charge >= 0.3 is 0 Å². The summed E-state index contributed by atoms with van der Waals surface area (Å²) >= 11 is 0. The van der Waals surface area contributed by atoms with Crippen molar-refractivity contribution in [1.29, 1.82) is 0 Å². The summed E-state index contributed by atoms with van der Waals surface area (Å²) in [6.07, 6.45) is 5.00. The van der Waals surface area contributed by atoms with Crippen molar-refractivity contribution in [2.24, 2.45) is 5.92 Å². The number of sulfone groups is 1. The summed E-state index contributed by atoms with van der Waals surface area (Å²) in [6.45, 7) is 2.99. The van der Waals surface area contributed by atoms with Crippen LogP contribution in [-0.2, 0) is 9.84 Å². The largest absolute Gasteiger partial charge is 0.310 e. The fourth-order valence-corrected chi connectivity index (χ4v) is 2.91. The van der Waals surface area contributed by atoms with Gasteiger partial charge in [0.25, 0.3) is 0 Å². The van der Waals surface area contributed by atoms with Crippen LogP contribution in [0.5, 0.6) is 0 Å². The first kappa shape index (κ1) is 13.6. The van der Waals surface area contributed by atoms with E-state index in [-0.39, 0.29) is 6.04 Å². The Labute approximate surface area is 110 Å². The Morgan fingerprint density at radius 2 is 2.11 bits per heavy atom. The van der Waals surface area contributed by atoms with E-state index in [0.717, 1.165) is 24.4 Å². The molecule has 1 aliphatic rings. The topological polar surface area (TPSA) is 46.2 Å². The summed E-state index contributed by atoms with van der Waals surface area (Å²) in [6, 6.07) is 7.61. The first-order valence-electron chi connectivity index (χ1n) is 6.54. The highest BCUT2D eigenvalue weighted by Gasteiger charge is 2.26. The van der Waals surface area contributed by atoms with E-state index in [0.29, 0.717) is 4.90 Å². The second-order valence-electron chi connectivity index (χ2n) is 5.13. The van der Waals surface area contributed by atoms with E-state index < -0.39 is 9.84 Å². The third-order valence-corrected chi connectivity index (χ3v) is 4.52. The summed E-state index contributed by atoms with van der Waals surface area (Å²) in [5.74, 6) is 0.816. The zero-order chi connectivity index (χ0) is 13.2. The molecular formula is C14H21NO2S. The van der Waals surface area contributed by atoms with Gasteiger partial charge in [-0.15, -0.1) is 0 Å². The highest BCUT2D eigenvalue weighted by Crippen LogP contribution is 2.37. The van der Waals surface area contributed by atoms with E-state index in [9.17, 15) is 8.42 Å². The summed E-state index contributed by atoms with van der Waals surface area (Å²) in [7, 11) is -3.11. The Morgan fingerprint density at radius 3 is 2.67 bits per heavy atom. The second kappa shape index (κ2) is 5.41. The quantitative estimate of drug-likeness (QED) is 0.861. The van der Waals surface area contributed by atoms with Crippen molar-refractivity contribution >= 4 is 9.84 Å². The van der Waals surface area contributed by atoms with E-state index in [2.05, 4.69) is 12.2 Å². The molecule has 1 unspecified atom stereocenters. The number of nitrogens with one attached hydrogen (secondary N) is 1. The number of benzene rings is 1. The molecule has 0 spiro atoms. The van der Waals surface area contributed by atoms with E-state index >= 15 is 0 Å². The fraction of sp³-hybridized carbons (Fsp3) is 0.571. The average molecular weight is 267 g/mol. The number of hydrogen-bond acceptors (Lipinski definition) is 3. The van der Waals surface area contributed by atoms with Crippen molar-refractivity contribution < 1.29 is 8.42 Å². The van der Waals surface area contributed by atoms with E-state index in [1.54, 1.807) is 6.07 Å². The molecule has 4 heteroatoms. The molecule has 18 heavy (non-hydrogen) atoms. The fourth-order valence-electron chi connectivity index (χ4n) is 2.23. The minimum atomic E-state index is -3.11. The van der Waals surface area contributed by atoms with E-state index in [4.69, 9.17) is 0 Å². The molecule has 0 heterocycles. The molecule has 1 aromatic rings. The lowest BCUT2D eigenvalue weighted by molar-refractivity contribution is 0.486. The van der Waals surface area contributed by atoms with Crippen LogP contribution in [0.1, 0.15) is 37.8 Å². The zero-order valence-corrected chi connectivity index (χ0v) is 11.8. The third kappa shape index (κ3) is 3.56. The minimum Gasteiger partial charge on any atom is -0.310 e. The third-order valence-electron chi connectivity index (χ3n) is 3.41. The predicted molar refractivity (Wildman–Crippen MR) is 73.3 cm³/mol. The smallest absolute Gasteiger partial charge is 0.175 e. The maximum Gasteiger partial charge on any atom is 0.175 e. The molecule has 1 saturated carbocycles. The van der Waals surface area contributed by atoms with Gasteiger partial charge < -0.3 is 5.32 Å². The van der Waals surface area contributed by atoms with Crippen LogP contribution in [0.4, 0.5) is 0 Å². The molecule has 1 N–H and O–H groups in total. The predicted octanol–water partition coefficient (Wildman–Crippen LogP) is 2.54. The Morgan fingerprint density at radius 1 is 1.39 bits per heavy atom. The van der Waals surface area contributed by atoms with Crippen molar-refractivity contribution in [1.82, 2.24) is 5.32 Å². The van der Waals surface area contributed by atoms with Gasteiger partial charge in [-0.2, -0.15) is 0 Å². The summed E-state index contributed by atoms with van der Waals surface area (Å²) in [4.78, 5) is 0.415. The van der Waals surface area contributed by atoms with Crippen LogP contribution in [0.15, 0.2) is 29.2 Å². The minimum absolute atomic E-state index is 0.282. The average Bonchev–Trinajstić information content (AvgIpc) is 3.12. The first-order valence-corrected chi connectivity index (χ1v) is 8.43. The Bertz CT molecular complexity index is 506. The molecule has 3 nitrogen and oxygen atoms in total.